The molecule has 0 aliphatic carbocycles. The van der Waals surface area contributed by atoms with E-state index in [0.29, 0.717) is 5.58 Å². The van der Waals surface area contributed by atoms with Crippen molar-refractivity contribution in [2.24, 2.45) is 0 Å². The summed E-state index contributed by atoms with van der Waals surface area (Å²) in [5.41, 5.74) is 1.44. The smallest absolute Gasteiger partial charge is 0.334 e. The summed E-state index contributed by atoms with van der Waals surface area (Å²) in [6.45, 7) is 1.97. The fourth-order valence-corrected chi connectivity index (χ4v) is 1.67. The van der Waals surface area contributed by atoms with E-state index in [1.54, 1.807) is 0 Å². The maximum absolute atomic E-state index is 11.0. The minimum absolute atomic E-state index is 0.303. The molecule has 2 radical (unpaired) electrons. The van der Waals surface area contributed by atoms with E-state index in [2.05, 4.69) is 16.3 Å². The zero-order valence-corrected chi connectivity index (χ0v) is 8.36. The number of hydrogen-bond donors (Lipinski definition) is 0. The van der Waals surface area contributed by atoms with Gasteiger partial charge in [0.1, 0.15) is 5.58 Å². The summed E-state index contributed by atoms with van der Waals surface area (Å²) >= 11 is 2.53. The van der Waals surface area contributed by atoms with Crippen LogP contribution in [0.25, 0.3) is 11.0 Å². The molecule has 0 atom stereocenters. The number of rotatable bonds is 0. The topological polar surface area (TPSA) is 30.2 Å². The zero-order chi connectivity index (χ0) is 9.42. The highest BCUT2D eigenvalue weighted by atomic mass is 27.0. The lowest BCUT2D eigenvalue weighted by molar-refractivity contribution is 0.562. The average molecular weight is 186 g/mol. The predicted molar refractivity (Wildman–Crippen MR) is 52.6 cm³/mol. The molecule has 62 valence electrons. The quantitative estimate of drug-likeness (QED) is 0.452. The summed E-state index contributed by atoms with van der Waals surface area (Å²) in [7, 11) is 0. The molecule has 0 amide bonds. The van der Waals surface area contributed by atoms with Crippen LogP contribution in [0.1, 0.15) is 5.56 Å². The molecule has 3 heteroatoms. The first-order valence-electron chi connectivity index (χ1n) is 3.97. The van der Waals surface area contributed by atoms with Crippen molar-refractivity contribution in [3.63, 3.8) is 0 Å². The third kappa shape index (κ3) is 1.53. The maximum atomic E-state index is 11.0. The van der Waals surface area contributed by atoms with Crippen LogP contribution < -0.4 is 10.1 Å². The van der Waals surface area contributed by atoms with Crippen LogP contribution in [0.2, 0.25) is 0 Å². The Morgan fingerprint density at radius 3 is 2.85 bits per heavy atom. The maximum Gasteiger partial charge on any atom is 0.334 e. The largest absolute Gasteiger partial charge is 0.423 e. The van der Waals surface area contributed by atoms with Crippen molar-refractivity contribution in [1.29, 1.82) is 0 Å². The van der Waals surface area contributed by atoms with Gasteiger partial charge in [0.2, 0.25) is 0 Å². The summed E-state index contributed by atoms with van der Waals surface area (Å²) in [6, 6.07) is 7.29. The molecule has 0 bridgehead atoms. The SMILES string of the molecule is Cc1ccc2[c]([Al])cc(=O)oc2c1. The van der Waals surface area contributed by atoms with Crippen molar-refractivity contribution in [3.05, 3.63) is 40.2 Å². The minimum atomic E-state index is -0.303. The summed E-state index contributed by atoms with van der Waals surface area (Å²) in [4.78, 5) is 11.0. The lowest BCUT2D eigenvalue weighted by Crippen LogP contribution is -2.12. The number of aryl methyl sites for hydroxylation is 1. The summed E-state index contributed by atoms with van der Waals surface area (Å²) in [6.07, 6.45) is 0. The number of hydrogen-bond acceptors (Lipinski definition) is 2. The van der Waals surface area contributed by atoms with E-state index < -0.39 is 0 Å². The fourth-order valence-electron chi connectivity index (χ4n) is 1.30. The van der Waals surface area contributed by atoms with Gasteiger partial charge in [0.25, 0.3) is 0 Å². The van der Waals surface area contributed by atoms with Crippen molar-refractivity contribution in [1.82, 2.24) is 0 Å². The van der Waals surface area contributed by atoms with Gasteiger partial charge in [-0.05, 0) is 18.6 Å². The van der Waals surface area contributed by atoms with Gasteiger partial charge in [-0.3, -0.25) is 0 Å². The van der Waals surface area contributed by atoms with Gasteiger partial charge < -0.3 is 4.42 Å². The van der Waals surface area contributed by atoms with Crippen molar-refractivity contribution in [2.45, 2.75) is 6.92 Å². The molecule has 0 fully saturated rings. The molecule has 2 aromatic rings. The molecule has 1 aromatic carbocycles. The predicted octanol–water partition coefficient (Wildman–Crippen LogP) is 0.895. The van der Waals surface area contributed by atoms with Crippen molar-refractivity contribution >= 4 is 31.7 Å². The molecule has 1 aromatic heterocycles. The molecule has 0 aliphatic heterocycles. The van der Waals surface area contributed by atoms with E-state index in [0.717, 1.165) is 15.4 Å². The third-order valence-electron chi connectivity index (χ3n) is 1.93. The molecular weight excluding hydrogens is 179 g/mol. The van der Waals surface area contributed by atoms with Gasteiger partial charge in [-0.15, -0.1) is 4.43 Å². The lowest BCUT2D eigenvalue weighted by atomic mass is 10.2. The molecule has 2 rings (SSSR count). The Hall–Kier alpha value is -1.04. The highest BCUT2D eigenvalue weighted by Crippen LogP contribution is 2.10. The molecule has 0 aliphatic rings. The molecular formula is C10H7AlO2. The van der Waals surface area contributed by atoms with E-state index >= 15 is 0 Å². The second-order valence-corrected chi connectivity index (χ2v) is 3.64. The van der Waals surface area contributed by atoms with Crippen LogP contribution in [0, 0.1) is 6.92 Å². The molecule has 1 heterocycles. The highest BCUT2D eigenvalue weighted by molar-refractivity contribution is 6.38. The van der Waals surface area contributed by atoms with E-state index in [4.69, 9.17) is 4.42 Å². The average Bonchev–Trinajstić information content (AvgIpc) is 2.02. The lowest BCUT2D eigenvalue weighted by Gasteiger charge is -2.01. The monoisotopic (exact) mass is 186 g/mol. The van der Waals surface area contributed by atoms with Gasteiger partial charge in [0, 0.05) is 11.5 Å². The van der Waals surface area contributed by atoms with Crippen molar-refractivity contribution in [3.8, 4) is 0 Å². The molecule has 2 nitrogen and oxygen atoms in total. The number of benzene rings is 1. The van der Waals surface area contributed by atoms with Gasteiger partial charge in [-0.1, -0.05) is 12.1 Å². The summed E-state index contributed by atoms with van der Waals surface area (Å²) in [5, 5.41) is 0.968. The minimum Gasteiger partial charge on any atom is -0.423 e. The van der Waals surface area contributed by atoms with E-state index in [1.807, 2.05) is 25.1 Å². The van der Waals surface area contributed by atoms with Gasteiger partial charge in [0.15, 0.2) is 16.3 Å². The van der Waals surface area contributed by atoms with Gasteiger partial charge in [-0.25, -0.2) is 4.79 Å². The molecule has 0 N–H and O–H groups in total. The highest BCUT2D eigenvalue weighted by Gasteiger charge is 1.99. The van der Waals surface area contributed by atoms with Gasteiger partial charge >= 0.3 is 5.63 Å². The van der Waals surface area contributed by atoms with E-state index in [-0.39, 0.29) is 5.63 Å². The Bertz CT molecular complexity index is 514. The first kappa shape index (κ1) is 8.56. The molecule has 0 saturated carbocycles. The van der Waals surface area contributed by atoms with Gasteiger partial charge in [-0.2, -0.15) is 0 Å². The number of fused-ring (bicyclic) bond motifs is 1. The van der Waals surface area contributed by atoms with Crippen molar-refractivity contribution < 1.29 is 4.42 Å². The second-order valence-electron chi connectivity index (χ2n) is 3.02. The van der Waals surface area contributed by atoms with Gasteiger partial charge in [0.05, 0.1) is 0 Å². The fraction of sp³-hybridized carbons (Fsp3) is 0.100. The van der Waals surface area contributed by atoms with Crippen LogP contribution in [0.15, 0.2) is 33.5 Å². The molecule has 0 unspecified atom stereocenters. The summed E-state index contributed by atoms with van der Waals surface area (Å²) < 4.78 is 5.94. The normalized spacial score (nSPS) is 10.5. The second kappa shape index (κ2) is 3.03. The Morgan fingerprint density at radius 2 is 2.08 bits per heavy atom. The third-order valence-corrected chi connectivity index (χ3v) is 2.41. The van der Waals surface area contributed by atoms with Crippen LogP contribution in [0.5, 0.6) is 0 Å². The van der Waals surface area contributed by atoms with E-state index in [9.17, 15) is 4.79 Å². The molecule has 0 saturated heterocycles. The zero-order valence-electron chi connectivity index (χ0n) is 7.20. The van der Waals surface area contributed by atoms with Crippen LogP contribution in [-0.4, -0.2) is 16.3 Å². The van der Waals surface area contributed by atoms with Crippen LogP contribution in [-0.2, 0) is 0 Å². The van der Waals surface area contributed by atoms with Crippen LogP contribution >= 0.6 is 0 Å². The van der Waals surface area contributed by atoms with Crippen LogP contribution in [0.3, 0.4) is 0 Å². The first-order chi connectivity index (χ1) is 6.16. The standard InChI is InChI=1S/C10H7O2.Al/c1-7-2-3-8-4-5-10(11)12-9(8)6-7;/h2-3,5-6H,1H3;. The molecule has 13 heavy (non-hydrogen) atoms. The Labute approximate surface area is 83.6 Å². The molecule has 0 spiro atoms. The van der Waals surface area contributed by atoms with Crippen LogP contribution in [0.4, 0.5) is 0 Å². The summed E-state index contributed by atoms with van der Waals surface area (Å²) in [5.74, 6) is 0. The van der Waals surface area contributed by atoms with Crippen molar-refractivity contribution in [2.75, 3.05) is 0 Å². The van der Waals surface area contributed by atoms with E-state index in [1.165, 1.54) is 6.07 Å². The Kier molecular flexibility index (Phi) is 1.99. The first-order valence-corrected chi connectivity index (χ1v) is 4.54. The Balaban J connectivity index is 2.94. The Morgan fingerprint density at radius 1 is 1.31 bits per heavy atom.